The van der Waals surface area contributed by atoms with E-state index in [1.54, 1.807) is 7.11 Å². The van der Waals surface area contributed by atoms with Crippen molar-refractivity contribution in [3.63, 3.8) is 0 Å². The van der Waals surface area contributed by atoms with Gasteiger partial charge in [0, 0.05) is 0 Å². The maximum Gasteiger partial charge on any atom is 0.122 e. The predicted octanol–water partition coefficient (Wildman–Crippen LogP) is 3.66. The number of benzene rings is 1. The average Bonchev–Trinajstić information content (AvgIpc) is 2.32. The number of rotatable bonds is 4. The molecule has 19 heavy (non-hydrogen) atoms. The van der Waals surface area contributed by atoms with Crippen LogP contribution in [0, 0.1) is 5.41 Å². The van der Waals surface area contributed by atoms with Crippen molar-refractivity contribution in [3.8, 4) is 5.75 Å². The van der Waals surface area contributed by atoms with Gasteiger partial charge in [-0.1, -0.05) is 39.3 Å². The molecular formula is C17H27NO. The first kappa shape index (κ1) is 14.4. The van der Waals surface area contributed by atoms with Crippen LogP contribution in [0.2, 0.25) is 0 Å². The van der Waals surface area contributed by atoms with Crippen molar-refractivity contribution < 1.29 is 4.74 Å². The third-order valence-corrected chi connectivity index (χ3v) is 4.50. The van der Waals surface area contributed by atoms with Gasteiger partial charge >= 0.3 is 0 Å². The molecule has 0 amide bonds. The van der Waals surface area contributed by atoms with E-state index in [2.05, 4.69) is 39.0 Å². The molecule has 2 rings (SSSR count). The molecule has 1 fully saturated rings. The summed E-state index contributed by atoms with van der Waals surface area (Å²) in [6.45, 7) is 7.51. The Hall–Kier alpha value is -1.02. The molecule has 1 aliphatic carbocycles. The van der Waals surface area contributed by atoms with Crippen molar-refractivity contribution >= 4 is 0 Å². The predicted molar refractivity (Wildman–Crippen MR) is 80.7 cm³/mol. The van der Waals surface area contributed by atoms with Crippen LogP contribution in [-0.2, 0) is 11.8 Å². The molecule has 1 aliphatic rings. The first-order valence-corrected chi connectivity index (χ1v) is 7.28. The van der Waals surface area contributed by atoms with Crippen molar-refractivity contribution in [3.05, 3.63) is 29.3 Å². The quantitative estimate of drug-likeness (QED) is 0.897. The Morgan fingerprint density at radius 2 is 1.95 bits per heavy atom. The molecule has 0 bridgehead atoms. The van der Waals surface area contributed by atoms with Gasteiger partial charge in [-0.25, -0.2) is 0 Å². The normalized spacial score (nSPS) is 17.9. The van der Waals surface area contributed by atoms with Gasteiger partial charge in [0.15, 0.2) is 0 Å². The molecule has 0 radical (unpaired) electrons. The van der Waals surface area contributed by atoms with Gasteiger partial charge in [-0.05, 0) is 53.8 Å². The third-order valence-electron chi connectivity index (χ3n) is 4.50. The van der Waals surface area contributed by atoms with Crippen LogP contribution in [-0.4, -0.2) is 13.7 Å². The van der Waals surface area contributed by atoms with Gasteiger partial charge in [-0.2, -0.15) is 0 Å². The lowest BCUT2D eigenvalue weighted by atomic mass is 9.65. The Labute approximate surface area is 117 Å². The van der Waals surface area contributed by atoms with E-state index in [-0.39, 0.29) is 5.41 Å². The van der Waals surface area contributed by atoms with E-state index in [9.17, 15) is 0 Å². The summed E-state index contributed by atoms with van der Waals surface area (Å²) in [7, 11) is 1.75. The van der Waals surface area contributed by atoms with Crippen LogP contribution in [0.4, 0.5) is 0 Å². The summed E-state index contributed by atoms with van der Waals surface area (Å²) in [6.07, 6.45) is 5.00. The minimum Gasteiger partial charge on any atom is -0.496 e. The SMILES string of the molecule is COc1ccc(CC2(CN)CCC2)cc1C(C)(C)C. The highest BCUT2D eigenvalue weighted by Crippen LogP contribution is 2.43. The monoisotopic (exact) mass is 261 g/mol. The second-order valence-electron chi connectivity index (χ2n) is 7.02. The number of nitrogens with two attached hydrogens (primary N) is 1. The molecular weight excluding hydrogens is 234 g/mol. The molecule has 0 aromatic heterocycles. The molecule has 0 heterocycles. The zero-order valence-electron chi connectivity index (χ0n) is 12.8. The minimum atomic E-state index is 0.108. The lowest BCUT2D eigenvalue weighted by Crippen LogP contribution is -2.39. The van der Waals surface area contributed by atoms with Gasteiger partial charge < -0.3 is 10.5 Å². The summed E-state index contributed by atoms with van der Waals surface area (Å²) in [5.74, 6) is 0.992. The van der Waals surface area contributed by atoms with Gasteiger partial charge in [-0.3, -0.25) is 0 Å². The second kappa shape index (κ2) is 5.16. The van der Waals surface area contributed by atoms with Gasteiger partial charge in [0.2, 0.25) is 0 Å². The lowest BCUT2D eigenvalue weighted by Gasteiger charge is -2.41. The van der Waals surface area contributed by atoms with E-state index in [4.69, 9.17) is 10.5 Å². The maximum atomic E-state index is 5.97. The van der Waals surface area contributed by atoms with Crippen LogP contribution in [0.5, 0.6) is 5.75 Å². The molecule has 1 aromatic carbocycles. The van der Waals surface area contributed by atoms with E-state index in [1.165, 1.54) is 30.4 Å². The van der Waals surface area contributed by atoms with E-state index in [0.717, 1.165) is 18.7 Å². The number of ether oxygens (including phenoxy) is 1. The first-order chi connectivity index (χ1) is 8.90. The Balaban J connectivity index is 2.28. The van der Waals surface area contributed by atoms with Crippen molar-refractivity contribution in [1.29, 1.82) is 0 Å². The molecule has 0 aliphatic heterocycles. The molecule has 106 valence electrons. The zero-order chi connectivity index (χ0) is 14.1. The van der Waals surface area contributed by atoms with Crippen molar-refractivity contribution in [2.24, 2.45) is 11.1 Å². The summed E-state index contributed by atoms with van der Waals surface area (Å²) in [6, 6.07) is 6.62. The Kier molecular flexibility index (Phi) is 3.91. The largest absolute Gasteiger partial charge is 0.496 e. The fourth-order valence-corrected chi connectivity index (χ4v) is 3.01. The topological polar surface area (TPSA) is 35.2 Å². The Bertz CT molecular complexity index is 436. The highest BCUT2D eigenvalue weighted by atomic mass is 16.5. The maximum absolute atomic E-state index is 5.97. The fourth-order valence-electron chi connectivity index (χ4n) is 3.01. The molecule has 1 aromatic rings. The van der Waals surface area contributed by atoms with Crippen LogP contribution >= 0.6 is 0 Å². The molecule has 2 heteroatoms. The number of hydrogen-bond acceptors (Lipinski definition) is 2. The molecule has 1 saturated carbocycles. The van der Waals surface area contributed by atoms with Crippen LogP contribution in [0.25, 0.3) is 0 Å². The van der Waals surface area contributed by atoms with Crippen LogP contribution < -0.4 is 10.5 Å². The van der Waals surface area contributed by atoms with Crippen molar-refractivity contribution in [1.82, 2.24) is 0 Å². The first-order valence-electron chi connectivity index (χ1n) is 7.28. The van der Waals surface area contributed by atoms with E-state index < -0.39 is 0 Å². The summed E-state index contributed by atoms with van der Waals surface area (Å²) < 4.78 is 5.50. The van der Waals surface area contributed by atoms with Gasteiger partial charge in [0.1, 0.15) is 5.75 Å². The zero-order valence-corrected chi connectivity index (χ0v) is 12.8. The molecule has 2 nitrogen and oxygen atoms in total. The molecule has 0 saturated heterocycles. The minimum absolute atomic E-state index is 0.108. The molecule has 2 N–H and O–H groups in total. The van der Waals surface area contributed by atoms with Crippen molar-refractivity contribution in [2.45, 2.75) is 51.9 Å². The lowest BCUT2D eigenvalue weighted by molar-refractivity contribution is 0.145. The summed E-state index contributed by atoms with van der Waals surface area (Å²) in [4.78, 5) is 0. The standard InChI is InChI=1S/C17H27NO/c1-16(2,3)14-10-13(6-7-15(14)19-4)11-17(12-18)8-5-9-17/h6-7,10H,5,8-9,11-12,18H2,1-4H3. The smallest absolute Gasteiger partial charge is 0.122 e. The highest BCUT2D eigenvalue weighted by molar-refractivity contribution is 5.42. The summed E-state index contributed by atoms with van der Waals surface area (Å²) in [5.41, 5.74) is 9.13. The number of methoxy groups -OCH3 is 1. The van der Waals surface area contributed by atoms with Gasteiger partial charge in [0.25, 0.3) is 0 Å². The highest BCUT2D eigenvalue weighted by Gasteiger charge is 2.35. The van der Waals surface area contributed by atoms with Gasteiger partial charge in [-0.15, -0.1) is 0 Å². The number of hydrogen-bond donors (Lipinski definition) is 1. The Morgan fingerprint density at radius 1 is 1.26 bits per heavy atom. The van der Waals surface area contributed by atoms with Crippen LogP contribution in [0.3, 0.4) is 0 Å². The molecule has 0 spiro atoms. The van der Waals surface area contributed by atoms with Crippen molar-refractivity contribution in [2.75, 3.05) is 13.7 Å². The molecule has 0 unspecified atom stereocenters. The Morgan fingerprint density at radius 3 is 2.37 bits per heavy atom. The fraction of sp³-hybridized carbons (Fsp3) is 0.647. The third kappa shape index (κ3) is 2.94. The summed E-state index contributed by atoms with van der Waals surface area (Å²) >= 11 is 0. The molecule has 0 atom stereocenters. The second-order valence-corrected chi connectivity index (χ2v) is 7.02. The average molecular weight is 261 g/mol. The van der Waals surface area contributed by atoms with Crippen LogP contribution in [0.15, 0.2) is 18.2 Å². The summed E-state index contributed by atoms with van der Waals surface area (Å²) in [5, 5.41) is 0. The van der Waals surface area contributed by atoms with E-state index >= 15 is 0 Å². The van der Waals surface area contributed by atoms with E-state index in [1.807, 2.05) is 0 Å². The van der Waals surface area contributed by atoms with E-state index in [0.29, 0.717) is 5.41 Å². The van der Waals surface area contributed by atoms with Crippen LogP contribution in [0.1, 0.15) is 51.2 Å². The van der Waals surface area contributed by atoms with Gasteiger partial charge in [0.05, 0.1) is 7.11 Å².